The molecule has 1 fully saturated rings. The Kier molecular flexibility index (Phi) is 5.85. The Bertz CT molecular complexity index is 630. The summed E-state index contributed by atoms with van der Waals surface area (Å²) in [5.41, 5.74) is 6.80. The standard InChI is InChI=1S/C17H22N2.BF4/c1-11-8-12(2)16(13(3)9-11)17-18-10-15(19-17)14-6-4-5-7-14;2-1(3,4)5/h8-10,14H,4-7H2,1-3H3,(H,18,19);/q;-1/p+1. The van der Waals surface area contributed by atoms with Gasteiger partial charge in [-0.2, -0.15) is 4.99 Å². The molecular weight excluding hydrogens is 319 g/mol. The molecule has 24 heavy (non-hydrogen) atoms. The number of nitrogens with zero attached hydrogens (tertiary/aromatic N) is 1. The lowest BCUT2D eigenvalue weighted by Crippen LogP contribution is -2.85. The SMILES string of the molecule is Cc1cc(C)c(C2=NC=C(C3CCCC3)[NH2+]2)c(C)c1.F[B-](F)(F)F. The maximum atomic E-state index is 9.75. The highest BCUT2D eigenvalue weighted by Crippen LogP contribution is 2.29. The zero-order chi connectivity index (χ0) is 17.9. The Morgan fingerprint density at radius 3 is 2.00 bits per heavy atom. The molecular formula is C17H23BF4N2. The summed E-state index contributed by atoms with van der Waals surface area (Å²) in [7, 11) is -6.00. The predicted octanol–water partition coefficient (Wildman–Crippen LogP) is 4.27. The Morgan fingerprint density at radius 1 is 1.00 bits per heavy atom. The van der Waals surface area contributed by atoms with Crippen LogP contribution in [0.15, 0.2) is 29.0 Å². The minimum atomic E-state index is -6.00. The first-order chi connectivity index (χ1) is 11.1. The van der Waals surface area contributed by atoms with Crippen LogP contribution in [0, 0.1) is 26.7 Å². The van der Waals surface area contributed by atoms with E-state index >= 15 is 0 Å². The largest absolute Gasteiger partial charge is 0.673 e. The number of hydrogen-bond acceptors (Lipinski definition) is 1. The van der Waals surface area contributed by atoms with Crippen molar-refractivity contribution in [3.05, 3.63) is 46.3 Å². The van der Waals surface area contributed by atoms with E-state index < -0.39 is 7.25 Å². The number of halogens is 4. The fraction of sp³-hybridized carbons (Fsp3) is 0.471. The second kappa shape index (κ2) is 7.51. The van der Waals surface area contributed by atoms with E-state index in [2.05, 4.69) is 49.4 Å². The van der Waals surface area contributed by atoms with Crippen LogP contribution in [0.3, 0.4) is 0 Å². The predicted molar refractivity (Wildman–Crippen MR) is 89.3 cm³/mol. The molecule has 1 aromatic rings. The Hall–Kier alpha value is -1.63. The molecule has 0 spiro atoms. The van der Waals surface area contributed by atoms with Gasteiger partial charge in [0.05, 0.1) is 11.8 Å². The topological polar surface area (TPSA) is 29.0 Å². The van der Waals surface area contributed by atoms with Crippen molar-refractivity contribution in [1.82, 2.24) is 0 Å². The number of aryl methyl sites for hydroxylation is 3. The summed E-state index contributed by atoms with van der Waals surface area (Å²) >= 11 is 0. The Labute approximate surface area is 140 Å². The Balaban J connectivity index is 0.000000368. The van der Waals surface area contributed by atoms with Crippen LogP contribution >= 0.6 is 0 Å². The molecule has 0 radical (unpaired) electrons. The van der Waals surface area contributed by atoms with Crippen LogP contribution in [-0.4, -0.2) is 13.1 Å². The molecule has 1 aromatic carbocycles. The first-order valence-corrected chi connectivity index (χ1v) is 8.23. The zero-order valence-corrected chi connectivity index (χ0v) is 14.3. The van der Waals surface area contributed by atoms with Crippen molar-refractivity contribution in [3.63, 3.8) is 0 Å². The van der Waals surface area contributed by atoms with E-state index in [1.807, 2.05) is 0 Å². The molecule has 2 aliphatic rings. The van der Waals surface area contributed by atoms with Gasteiger partial charge in [-0.3, -0.25) is 5.32 Å². The fourth-order valence-electron chi connectivity index (χ4n) is 3.58. The molecule has 0 aromatic heterocycles. The number of benzene rings is 1. The number of nitrogens with two attached hydrogens (primary N) is 1. The molecule has 0 unspecified atom stereocenters. The summed E-state index contributed by atoms with van der Waals surface area (Å²) in [4.78, 5) is 4.68. The molecule has 7 heteroatoms. The molecule has 1 saturated carbocycles. The molecule has 0 atom stereocenters. The van der Waals surface area contributed by atoms with E-state index in [0.717, 1.165) is 11.8 Å². The first kappa shape index (κ1) is 18.7. The van der Waals surface area contributed by atoms with Gasteiger partial charge in [-0.15, -0.1) is 0 Å². The van der Waals surface area contributed by atoms with Crippen molar-refractivity contribution in [2.75, 3.05) is 0 Å². The van der Waals surface area contributed by atoms with E-state index in [1.165, 1.54) is 53.6 Å². The smallest absolute Gasteiger partial charge is 0.418 e. The molecule has 0 bridgehead atoms. The number of aliphatic imine (C=N–C) groups is 1. The summed E-state index contributed by atoms with van der Waals surface area (Å²) in [5, 5.41) is 2.32. The molecule has 0 amide bonds. The van der Waals surface area contributed by atoms with Gasteiger partial charge in [0, 0.05) is 5.92 Å². The van der Waals surface area contributed by atoms with Gasteiger partial charge in [0.1, 0.15) is 5.70 Å². The van der Waals surface area contributed by atoms with Gasteiger partial charge in [0.15, 0.2) is 0 Å². The van der Waals surface area contributed by atoms with Crippen LogP contribution in [0.4, 0.5) is 17.3 Å². The highest BCUT2D eigenvalue weighted by Gasteiger charge is 2.28. The number of hydrogen-bond donors (Lipinski definition) is 1. The molecule has 1 aliphatic heterocycles. The summed E-state index contributed by atoms with van der Waals surface area (Å²) in [5.74, 6) is 1.92. The quantitative estimate of drug-likeness (QED) is 0.615. The van der Waals surface area contributed by atoms with Crippen molar-refractivity contribution in [2.24, 2.45) is 10.9 Å². The van der Waals surface area contributed by atoms with Gasteiger partial charge in [0.25, 0.3) is 0 Å². The molecule has 1 aliphatic carbocycles. The summed E-state index contributed by atoms with van der Waals surface area (Å²) in [6, 6.07) is 4.51. The van der Waals surface area contributed by atoms with E-state index in [1.54, 1.807) is 0 Å². The normalized spacial score (nSPS) is 18.1. The van der Waals surface area contributed by atoms with Gasteiger partial charge in [0.2, 0.25) is 5.84 Å². The summed E-state index contributed by atoms with van der Waals surface area (Å²) in [6.07, 6.45) is 7.56. The van der Waals surface area contributed by atoms with Crippen LogP contribution in [-0.2, 0) is 0 Å². The number of amidine groups is 1. The van der Waals surface area contributed by atoms with Gasteiger partial charge in [-0.25, -0.2) is 0 Å². The van der Waals surface area contributed by atoms with Crippen molar-refractivity contribution in [2.45, 2.75) is 46.5 Å². The minimum absolute atomic E-state index is 0.757. The maximum Gasteiger partial charge on any atom is 0.673 e. The second-order valence-corrected chi connectivity index (χ2v) is 6.54. The van der Waals surface area contributed by atoms with Crippen LogP contribution in [0.1, 0.15) is 47.9 Å². The van der Waals surface area contributed by atoms with Gasteiger partial charge in [-0.05, 0) is 44.7 Å². The lowest BCUT2D eigenvalue weighted by Gasteiger charge is -2.11. The highest BCUT2D eigenvalue weighted by atomic mass is 19.5. The third kappa shape index (κ3) is 5.19. The monoisotopic (exact) mass is 342 g/mol. The Morgan fingerprint density at radius 2 is 1.50 bits per heavy atom. The van der Waals surface area contributed by atoms with Gasteiger partial charge < -0.3 is 17.3 Å². The van der Waals surface area contributed by atoms with E-state index in [-0.39, 0.29) is 0 Å². The molecule has 3 rings (SSSR count). The second-order valence-electron chi connectivity index (χ2n) is 6.54. The molecule has 132 valence electrons. The van der Waals surface area contributed by atoms with Crippen LogP contribution in [0.5, 0.6) is 0 Å². The maximum absolute atomic E-state index is 9.75. The molecule has 2 nitrogen and oxygen atoms in total. The molecule has 2 N–H and O–H groups in total. The van der Waals surface area contributed by atoms with Crippen LogP contribution in [0.2, 0.25) is 0 Å². The highest BCUT2D eigenvalue weighted by molar-refractivity contribution is 6.50. The zero-order valence-electron chi connectivity index (χ0n) is 14.3. The minimum Gasteiger partial charge on any atom is -0.418 e. The first-order valence-electron chi connectivity index (χ1n) is 8.23. The fourth-order valence-corrected chi connectivity index (χ4v) is 3.58. The van der Waals surface area contributed by atoms with Crippen molar-refractivity contribution in [3.8, 4) is 0 Å². The van der Waals surface area contributed by atoms with E-state index in [9.17, 15) is 17.3 Å². The van der Waals surface area contributed by atoms with Gasteiger partial charge >= 0.3 is 7.25 Å². The average molecular weight is 342 g/mol. The average Bonchev–Trinajstić information content (AvgIpc) is 3.05. The van der Waals surface area contributed by atoms with Gasteiger partial charge in [-0.1, -0.05) is 30.5 Å². The van der Waals surface area contributed by atoms with Crippen LogP contribution < -0.4 is 5.32 Å². The third-order valence-corrected chi connectivity index (χ3v) is 4.42. The van der Waals surface area contributed by atoms with Crippen molar-refractivity contribution in [1.29, 1.82) is 0 Å². The molecule has 0 saturated heterocycles. The molecule has 1 heterocycles. The van der Waals surface area contributed by atoms with Crippen molar-refractivity contribution < 1.29 is 22.6 Å². The van der Waals surface area contributed by atoms with Crippen LogP contribution in [0.25, 0.3) is 0 Å². The lowest BCUT2D eigenvalue weighted by atomic mass is 9.98. The lowest BCUT2D eigenvalue weighted by molar-refractivity contribution is -0.487. The van der Waals surface area contributed by atoms with E-state index in [0.29, 0.717) is 0 Å². The number of rotatable bonds is 2. The summed E-state index contributed by atoms with van der Waals surface area (Å²) < 4.78 is 39.0. The van der Waals surface area contributed by atoms with Crippen molar-refractivity contribution >= 4 is 13.1 Å². The third-order valence-electron chi connectivity index (χ3n) is 4.42. The summed E-state index contributed by atoms with van der Waals surface area (Å²) in [6.45, 7) is 6.55. The van der Waals surface area contributed by atoms with E-state index in [4.69, 9.17) is 0 Å². The number of quaternary nitrogens is 1. The number of allylic oxidation sites excluding steroid dienone is 1.